The zero-order valence-electron chi connectivity index (χ0n) is 8.88. The highest BCUT2D eigenvalue weighted by atomic mass is 16.2. The highest BCUT2D eigenvalue weighted by Crippen LogP contribution is 2.52. The van der Waals surface area contributed by atoms with Gasteiger partial charge in [-0.05, 0) is 24.7 Å². The minimum absolute atomic E-state index is 0.144. The average Bonchev–Trinajstić information content (AvgIpc) is 2.96. The van der Waals surface area contributed by atoms with E-state index < -0.39 is 6.04 Å². The molecule has 0 aromatic heterocycles. The molecule has 2 rings (SSSR count). The summed E-state index contributed by atoms with van der Waals surface area (Å²) in [5.74, 6) is -0.877. The maximum Gasteiger partial charge on any atom is 0.237 e. The Hall–Kier alpha value is -1.10. The monoisotopic (exact) mass is 211 g/mol. The van der Waals surface area contributed by atoms with Crippen LogP contribution >= 0.6 is 0 Å². The standard InChI is InChI=1S/C10H17N3O2/c1-12-9(15)7-6(8(11)14)4-10(2-3-10)5-13-7/h6-7,13H,2-5H2,1H3,(H2,11,14)(H,12,15). The number of piperidine rings is 1. The third-order valence-electron chi connectivity index (χ3n) is 3.60. The Morgan fingerprint density at radius 3 is 2.60 bits per heavy atom. The van der Waals surface area contributed by atoms with Crippen LogP contribution in [0.1, 0.15) is 19.3 Å². The maximum atomic E-state index is 11.5. The average molecular weight is 211 g/mol. The second kappa shape index (κ2) is 3.48. The van der Waals surface area contributed by atoms with E-state index in [1.54, 1.807) is 7.05 Å². The van der Waals surface area contributed by atoms with Gasteiger partial charge in [0.1, 0.15) is 0 Å². The first kappa shape index (κ1) is 10.4. The number of rotatable bonds is 2. The van der Waals surface area contributed by atoms with Crippen LogP contribution in [0, 0.1) is 11.3 Å². The molecule has 2 amide bonds. The first-order valence-corrected chi connectivity index (χ1v) is 5.32. The third-order valence-corrected chi connectivity index (χ3v) is 3.60. The molecule has 2 fully saturated rings. The second-order valence-electron chi connectivity index (χ2n) is 4.69. The van der Waals surface area contributed by atoms with Gasteiger partial charge < -0.3 is 16.4 Å². The summed E-state index contributed by atoms with van der Waals surface area (Å²) in [5, 5.41) is 5.70. The fourth-order valence-electron chi connectivity index (χ4n) is 2.38. The van der Waals surface area contributed by atoms with Gasteiger partial charge in [0.15, 0.2) is 0 Å². The van der Waals surface area contributed by atoms with E-state index in [0.29, 0.717) is 0 Å². The van der Waals surface area contributed by atoms with Gasteiger partial charge in [-0.1, -0.05) is 0 Å². The van der Waals surface area contributed by atoms with Crippen molar-refractivity contribution >= 4 is 11.8 Å². The number of nitrogens with one attached hydrogen (secondary N) is 2. The quantitative estimate of drug-likeness (QED) is 0.546. The molecule has 84 valence electrons. The third kappa shape index (κ3) is 1.84. The van der Waals surface area contributed by atoms with Crippen molar-refractivity contribution in [3.8, 4) is 0 Å². The number of hydrogen-bond acceptors (Lipinski definition) is 3. The summed E-state index contributed by atoms with van der Waals surface area (Å²) < 4.78 is 0. The first-order chi connectivity index (χ1) is 7.08. The molecular formula is C10H17N3O2. The lowest BCUT2D eigenvalue weighted by atomic mass is 9.81. The highest BCUT2D eigenvalue weighted by Gasteiger charge is 2.51. The van der Waals surface area contributed by atoms with Crippen molar-refractivity contribution in [1.29, 1.82) is 0 Å². The fourth-order valence-corrected chi connectivity index (χ4v) is 2.38. The van der Waals surface area contributed by atoms with Crippen molar-refractivity contribution in [2.75, 3.05) is 13.6 Å². The predicted molar refractivity (Wildman–Crippen MR) is 54.8 cm³/mol. The lowest BCUT2D eigenvalue weighted by molar-refractivity contribution is -0.132. The summed E-state index contributed by atoms with van der Waals surface area (Å²) in [7, 11) is 1.57. The van der Waals surface area contributed by atoms with E-state index in [9.17, 15) is 9.59 Å². The molecule has 1 saturated heterocycles. The molecule has 0 aromatic rings. The molecule has 1 saturated carbocycles. The van der Waals surface area contributed by atoms with Crippen molar-refractivity contribution in [3.63, 3.8) is 0 Å². The highest BCUT2D eigenvalue weighted by molar-refractivity contribution is 5.89. The van der Waals surface area contributed by atoms with Crippen LogP contribution in [0.5, 0.6) is 0 Å². The minimum atomic E-state index is -0.446. The first-order valence-electron chi connectivity index (χ1n) is 5.32. The van der Waals surface area contributed by atoms with Crippen molar-refractivity contribution in [3.05, 3.63) is 0 Å². The summed E-state index contributed by atoms with van der Waals surface area (Å²) >= 11 is 0. The minimum Gasteiger partial charge on any atom is -0.369 e. The van der Waals surface area contributed by atoms with E-state index in [4.69, 9.17) is 5.73 Å². The van der Waals surface area contributed by atoms with Gasteiger partial charge in [-0.3, -0.25) is 9.59 Å². The molecule has 2 aliphatic rings. The summed E-state index contributed by atoms with van der Waals surface area (Å²) in [6.07, 6.45) is 3.04. The van der Waals surface area contributed by atoms with Gasteiger partial charge in [0.25, 0.3) is 0 Å². The Kier molecular flexibility index (Phi) is 2.42. The topological polar surface area (TPSA) is 84.2 Å². The van der Waals surface area contributed by atoms with E-state index in [0.717, 1.165) is 25.8 Å². The number of carbonyl (C=O) groups excluding carboxylic acids is 2. The van der Waals surface area contributed by atoms with Crippen LogP contribution in [-0.4, -0.2) is 31.4 Å². The van der Waals surface area contributed by atoms with Crippen molar-refractivity contribution < 1.29 is 9.59 Å². The number of carbonyl (C=O) groups is 2. The van der Waals surface area contributed by atoms with Crippen LogP contribution in [0.2, 0.25) is 0 Å². The zero-order valence-corrected chi connectivity index (χ0v) is 8.88. The van der Waals surface area contributed by atoms with Crippen LogP contribution in [0.15, 0.2) is 0 Å². The summed E-state index contributed by atoms with van der Waals surface area (Å²) in [6.45, 7) is 0.828. The van der Waals surface area contributed by atoms with Crippen molar-refractivity contribution in [2.24, 2.45) is 17.1 Å². The lowest BCUT2D eigenvalue weighted by Gasteiger charge is -2.34. The molecule has 4 N–H and O–H groups in total. The molecule has 5 nitrogen and oxygen atoms in total. The van der Waals surface area contributed by atoms with Crippen LogP contribution in [0.25, 0.3) is 0 Å². The van der Waals surface area contributed by atoms with E-state index in [2.05, 4.69) is 10.6 Å². The molecule has 1 aliphatic heterocycles. The Morgan fingerprint density at radius 2 is 2.13 bits per heavy atom. The Balaban J connectivity index is 2.10. The Bertz CT molecular complexity index is 299. The summed E-state index contributed by atoms with van der Waals surface area (Å²) in [6, 6.07) is -0.446. The summed E-state index contributed by atoms with van der Waals surface area (Å²) in [4.78, 5) is 22.8. The molecule has 0 radical (unpaired) electrons. The van der Waals surface area contributed by atoms with E-state index in [1.165, 1.54) is 0 Å². The number of amides is 2. The van der Waals surface area contributed by atoms with Crippen molar-refractivity contribution in [2.45, 2.75) is 25.3 Å². The van der Waals surface area contributed by atoms with Crippen LogP contribution < -0.4 is 16.4 Å². The van der Waals surface area contributed by atoms with Crippen LogP contribution in [0.4, 0.5) is 0 Å². The largest absolute Gasteiger partial charge is 0.369 e. The van der Waals surface area contributed by atoms with Crippen LogP contribution in [-0.2, 0) is 9.59 Å². The maximum absolute atomic E-state index is 11.5. The van der Waals surface area contributed by atoms with Gasteiger partial charge in [-0.25, -0.2) is 0 Å². The molecule has 15 heavy (non-hydrogen) atoms. The Morgan fingerprint density at radius 1 is 1.47 bits per heavy atom. The molecule has 5 heteroatoms. The molecule has 2 unspecified atom stereocenters. The van der Waals surface area contributed by atoms with Gasteiger partial charge in [0, 0.05) is 13.6 Å². The normalized spacial score (nSPS) is 32.3. The predicted octanol–water partition coefficient (Wildman–Crippen LogP) is -1.02. The molecule has 0 aromatic carbocycles. The molecule has 1 heterocycles. The number of primary amides is 1. The second-order valence-corrected chi connectivity index (χ2v) is 4.69. The Labute approximate surface area is 88.8 Å². The van der Waals surface area contributed by atoms with Gasteiger partial charge >= 0.3 is 0 Å². The van der Waals surface area contributed by atoms with Gasteiger partial charge in [-0.15, -0.1) is 0 Å². The van der Waals surface area contributed by atoms with Crippen molar-refractivity contribution in [1.82, 2.24) is 10.6 Å². The molecular weight excluding hydrogens is 194 g/mol. The fraction of sp³-hybridized carbons (Fsp3) is 0.800. The summed E-state index contributed by atoms with van der Waals surface area (Å²) in [5.41, 5.74) is 5.59. The smallest absolute Gasteiger partial charge is 0.237 e. The van der Waals surface area contributed by atoms with Gasteiger partial charge in [-0.2, -0.15) is 0 Å². The number of hydrogen-bond donors (Lipinski definition) is 3. The molecule has 1 aliphatic carbocycles. The number of nitrogens with two attached hydrogens (primary N) is 1. The molecule has 1 spiro atoms. The van der Waals surface area contributed by atoms with E-state index in [-0.39, 0.29) is 23.1 Å². The number of likely N-dealkylation sites (N-methyl/N-ethyl adjacent to an activating group) is 1. The van der Waals surface area contributed by atoms with E-state index in [1.807, 2.05) is 0 Å². The molecule has 0 bridgehead atoms. The van der Waals surface area contributed by atoms with Gasteiger partial charge in [0.2, 0.25) is 11.8 Å². The van der Waals surface area contributed by atoms with Gasteiger partial charge in [0.05, 0.1) is 12.0 Å². The molecule has 2 atom stereocenters. The van der Waals surface area contributed by atoms with E-state index >= 15 is 0 Å². The zero-order chi connectivity index (χ0) is 11.1. The lowest BCUT2D eigenvalue weighted by Crippen LogP contribution is -2.57. The van der Waals surface area contributed by atoms with Crippen LogP contribution in [0.3, 0.4) is 0 Å². The SMILES string of the molecule is CNC(=O)C1NCC2(CC2)CC1C(N)=O.